The third-order valence-electron chi connectivity index (χ3n) is 3.86. The molecule has 0 radical (unpaired) electrons. The van der Waals surface area contributed by atoms with Crippen LogP contribution in [0.5, 0.6) is 5.75 Å². The van der Waals surface area contributed by atoms with Crippen LogP contribution < -0.4 is 15.5 Å². The van der Waals surface area contributed by atoms with E-state index in [1.54, 1.807) is 19.6 Å². The summed E-state index contributed by atoms with van der Waals surface area (Å²) in [5.41, 5.74) is 1.80. The number of nitrogens with one attached hydrogen (secondary N) is 2. The third kappa shape index (κ3) is 2.46. The average Bonchev–Trinajstić information content (AvgIpc) is 3.22. The number of carbonyl (C=O) groups is 2. The van der Waals surface area contributed by atoms with E-state index in [4.69, 9.17) is 9.94 Å². The predicted octanol–water partition coefficient (Wildman–Crippen LogP) is 0.495. The lowest BCUT2D eigenvalue weighted by Gasteiger charge is -2.15. The van der Waals surface area contributed by atoms with Gasteiger partial charge in [-0.2, -0.15) is 0 Å². The van der Waals surface area contributed by atoms with Crippen molar-refractivity contribution in [2.24, 2.45) is 11.3 Å². The topological polar surface area (TPSA) is 87.7 Å². The number of rotatable bonds is 5. The van der Waals surface area contributed by atoms with Gasteiger partial charge in [0.1, 0.15) is 5.75 Å². The highest BCUT2D eigenvalue weighted by Crippen LogP contribution is 2.55. The Morgan fingerprint density at radius 3 is 2.55 bits per heavy atom. The zero-order valence-electron chi connectivity index (χ0n) is 11.5. The van der Waals surface area contributed by atoms with E-state index in [2.05, 4.69) is 5.32 Å². The second kappa shape index (κ2) is 5.50. The number of ether oxygens (including phenoxy) is 1. The van der Waals surface area contributed by atoms with E-state index in [-0.39, 0.29) is 5.91 Å². The van der Waals surface area contributed by atoms with Gasteiger partial charge in [0.05, 0.1) is 18.4 Å². The molecular weight excluding hydrogens is 260 g/mol. The van der Waals surface area contributed by atoms with Crippen molar-refractivity contribution in [2.75, 3.05) is 14.2 Å². The molecule has 3 N–H and O–H groups in total. The predicted molar refractivity (Wildman–Crippen MR) is 71.2 cm³/mol. The first-order chi connectivity index (χ1) is 9.57. The maximum Gasteiger partial charge on any atom is 0.247 e. The molecule has 2 atom stereocenters. The largest absolute Gasteiger partial charge is 0.497 e. The summed E-state index contributed by atoms with van der Waals surface area (Å²) in [4.78, 5) is 23.6. The summed E-state index contributed by atoms with van der Waals surface area (Å²) >= 11 is 0. The van der Waals surface area contributed by atoms with E-state index in [1.807, 2.05) is 24.3 Å². The number of hydrogen-bond acceptors (Lipinski definition) is 4. The van der Waals surface area contributed by atoms with Crippen LogP contribution in [0.1, 0.15) is 12.0 Å². The van der Waals surface area contributed by atoms with Crippen molar-refractivity contribution in [3.05, 3.63) is 29.8 Å². The summed E-state index contributed by atoms with van der Waals surface area (Å²) in [5.74, 6) is -0.443. The Balaban J connectivity index is 2.17. The van der Waals surface area contributed by atoms with Crippen LogP contribution >= 0.6 is 0 Å². The molecule has 1 fully saturated rings. The number of methoxy groups -OCH3 is 1. The van der Waals surface area contributed by atoms with E-state index in [0.717, 1.165) is 11.3 Å². The van der Waals surface area contributed by atoms with E-state index in [1.165, 1.54) is 0 Å². The fraction of sp³-hybridized carbons (Fsp3) is 0.429. The Morgan fingerprint density at radius 2 is 2.05 bits per heavy atom. The first-order valence-electron chi connectivity index (χ1n) is 6.36. The molecule has 0 unspecified atom stereocenters. The van der Waals surface area contributed by atoms with Crippen molar-refractivity contribution in [1.29, 1.82) is 0 Å². The van der Waals surface area contributed by atoms with E-state index in [9.17, 15) is 9.59 Å². The van der Waals surface area contributed by atoms with Gasteiger partial charge in [-0.15, -0.1) is 0 Å². The van der Waals surface area contributed by atoms with Gasteiger partial charge in [0.15, 0.2) is 0 Å². The molecule has 1 aliphatic rings. The molecule has 0 spiro atoms. The fourth-order valence-electron chi connectivity index (χ4n) is 2.61. The van der Waals surface area contributed by atoms with Crippen molar-refractivity contribution < 1.29 is 19.5 Å². The van der Waals surface area contributed by atoms with Crippen LogP contribution in [0.2, 0.25) is 0 Å². The van der Waals surface area contributed by atoms with Gasteiger partial charge in [-0.05, 0) is 30.5 Å². The maximum absolute atomic E-state index is 12.1. The summed E-state index contributed by atoms with van der Waals surface area (Å²) < 4.78 is 5.08. The Kier molecular flexibility index (Phi) is 3.94. The number of carbonyl (C=O) groups excluding carboxylic acids is 2. The van der Waals surface area contributed by atoms with Crippen molar-refractivity contribution in [3.8, 4) is 5.75 Å². The molecule has 20 heavy (non-hydrogen) atoms. The highest BCUT2D eigenvalue weighted by atomic mass is 16.5. The lowest BCUT2D eigenvalue weighted by atomic mass is 9.92. The zero-order chi connectivity index (χ0) is 14.8. The SMILES string of the molecule is CNC(=O)[C@@]1(Cc2ccc(OC)cc2)C[C@@H]1C(=O)NO. The second-order valence-electron chi connectivity index (χ2n) is 4.99. The van der Waals surface area contributed by atoms with Gasteiger partial charge in [-0.25, -0.2) is 5.48 Å². The Morgan fingerprint density at radius 1 is 1.40 bits per heavy atom. The van der Waals surface area contributed by atoms with Crippen LogP contribution in [0.25, 0.3) is 0 Å². The molecule has 0 bridgehead atoms. The molecule has 0 aliphatic heterocycles. The maximum atomic E-state index is 12.1. The summed E-state index contributed by atoms with van der Waals surface area (Å²) in [7, 11) is 3.13. The van der Waals surface area contributed by atoms with E-state index in [0.29, 0.717) is 12.8 Å². The monoisotopic (exact) mass is 278 g/mol. The molecule has 1 aliphatic carbocycles. The van der Waals surface area contributed by atoms with Crippen LogP contribution in [0.4, 0.5) is 0 Å². The smallest absolute Gasteiger partial charge is 0.247 e. The highest BCUT2D eigenvalue weighted by Gasteiger charge is 2.62. The molecule has 6 nitrogen and oxygen atoms in total. The number of benzene rings is 1. The third-order valence-corrected chi connectivity index (χ3v) is 3.86. The van der Waals surface area contributed by atoms with Gasteiger partial charge in [0, 0.05) is 7.05 Å². The molecule has 2 amide bonds. The minimum atomic E-state index is -0.768. The summed E-state index contributed by atoms with van der Waals surface area (Å²) in [5, 5.41) is 11.3. The van der Waals surface area contributed by atoms with Crippen molar-refractivity contribution in [3.63, 3.8) is 0 Å². The van der Waals surface area contributed by atoms with E-state index >= 15 is 0 Å². The molecule has 6 heteroatoms. The normalized spacial score (nSPS) is 23.9. The summed E-state index contributed by atoms with van der Waals surface area (Å²) in [6.45, 7) is 0. The van der Waals surface area contributed by atoms with Crippen LogP contribution in [0.15, 0.2) is 24.3 Å². The van der Waals surface area contributed by atoms with Crippen molar-refractivity contribution >= 4 is 11.8 Å². The Labute approximate surface area is 117 Å². The lowest BCUT2D eigenvalue weighted by Crippen LogP contribution is -2.35. The molecule has 1 saturated carbocycles. The van der Waals surface area contributed by atoms with Crippen LogP contribution in [0.3, 0.4) is 0 Å². The highest BCUT2D eigenvalue weighted by molar-refractivity contribution is 5.95. The first-order valence-corrected chi connectivity index (χ1v) is 6.36. The van der Waals surface area contributed by atoms with Gasteiger partial charge < -0.3 is 10.1 Å². The number of hydrogen-bond donors (Lipinski definition) is 3. The van der Waals surface area contributed by atoms with Gasteiger partial charge >= 0.3 is 0 Å². The van der Waals surface area contributed by atoms with Gasteiger partial charge in [0.2, 0.25) is 11.8 Å². The molecule has 0 heterocycles. The molecule has 0 saturated heterocycles. The second-order valence-corrected chi connectivity index (χ2v) is 4.99. The average molecular weight is 278 g/mol. The number of hydroxylamine groups is 1. The van der Waals surface area contributed by atoms with Gasteiger partial charge in [-0.3, -0.25) is 14.8 Å². The quantitative estimate of drug-likeness (QED) is 0.540. The van der Waals surface area contributed by atoms with Crippen LogP contribution in [-0.2, 0) is 16.0 Å². The zero-order valence-corrected chi connectivity index (χ0v) is 11.5. The first kappa shape index (κ1) is 14.3. The summed E-state index contributed by atoms with van der Waals surface area (Å²) in [6, 6.07) is 7.37. The molecule has 108 valence electrons. The van der Waals surface area contributed by atoms with Crippen molar-refractivity contribution in [2.45, 2.75) is 12.8 Å². The minimum absolute atomic E-state index is 0.179. The van der Waals surface area contributed by atoms with Crippen molar-refractivity contribution in [1.82, 2.24) is 10.8 Å². The minimum Gasteiger partial charge on any atom is -0.497 e. The summed E-state index contributed by atoms with van der Waals surface area (Å²) in [6.07, 6.45) is 0.889. The van der Waals surface area contributed by atoms with Crippen LogP contribution in [0, 0.1) is 11.3 Å². The molecule has 2 rings (SSSR count). The standard InChI is InChI=1S/C14H18N2O4/c1-15-13(18)14(8-11(14)12(17)16-19)7-9-3-5-10(20-2)6-4-9/h3-6,11,19H,7-8H2,1-2H3,(H,15,18)(H,16,17)/t11-,14+/m1/s1. The molecule has 0 aromatic heterocycles. The Bertz CT molecular complexity index is 514. The molecular formula is C14H18N2O4. The lowest BCUT2D eigenvalue weighted by molar-refractivity contribution is -0.135. The molecule has 1 aromatic carbocycles. The Hall–Kier alpha value is -2.08. The van der Waals surface area contributed by atoms with E-state index < -0.39 is 17.2 Å². The fourth-order valence-corrected chi connectivity index (χ4v) is 2.61. The number of amides is 2. The van der Waals surface area contributed by atoms with Gasteiger partial charge in [-0.1, -0.05) is 12.1 Å². The van der Waals surface area contributed by atoms with Crippen LogP contribution in [-0.4, -0.2) is 31.2 Å². The van der Waals surface area contributed by atoms with Gasteiger partial charge in [0.25, 0.3) is 0 Å². The molecule has 1 aromatic rings.